The molecule has 0 spiro atoms. The fraction of sp³-hybridized carbons (Fsp3) is 0.273. The maximum atomic E-state index is 12.3. The Balaban J connectivity index is 1.54. The largest absolute Gasteiger partial charge is 0.492 e. The van der Waals surface area contributed by atoms with E-state index in [2.05, 4.69) is 11.9 Å². The summed E-state index contributed by atoms with van der Waals surface area (Å²) in [6, 6.07) is 10.2. The number of halogens is 2. The summed E-state index contributed by atoms with van der Waals surface area (Å²) in [7, 11) is 0. The molecule has 8 heteroatoms. The van der Waals surface area contributed by atoms with Crippen molar-refractivity contribution in [1.82, 2.24) is 0 Å². The average Bonchev–Trinajstić information content (AvgIpc) is 2.70. The lowest BCUT2D eigenvalue weighted by Gasteiger charge is -2.32. The highest BCUT2D eigenvalue weighted by Crippen LogP contribution is 2.36. The van der Waals surface area contributed by atoms with Gasteiger partial charge in [0, 0.05) is 29.7 Å². The molecule has 1 N–H and O–H groups in total. The molecule has 1 heterocycles. The fourth-order valence-corrected chi connectivity index (χ4v) is 3.50. The maximum absolute atomic E-state index is 12.3. The summed E-state index contributed by atoms with van der Waals surface area (Å²) in [4.78, 5) is 26.2. The molecule has 0 saturated heterocycles. The van der Waals surface area contributed by atoms with Gasteiger partial charge >= 0.3 is 0 Å². The maximum Gasteiger partial charge on any atom is 0.268 e. The number of carbonyl (C=O) groups is 2. The minimum Gasteiger partial charge on any atom is -0.492 e. The lowest BCUT2D eigenvalue weighted by atomic mass is 10.1. The number of carbonyl (C=O) groups excluding carboxylic acids is 2. The standard InChI is InChI=1S/C22H22Cl2N2O4/c1-3-10-26-18-8-7-16(13-20(18)30-14(2)22(26)28)25-21(27)5-4-11-29-19-9-6-15(23)12-17(19)24/h3,6-9,12-14H,1,4-5,10-11H2,2H3,(H,25,27). The van der Waals surface area contributed by atoms with Gasteiger partial charge in [-0.15, -0.1) is 6.58 Å². The number of fused-ring (bicyclic) bond motifs is 1. The molecule has 2 aromatic rings. The molecule has 0 radical (unpaired) electrons. The monoisotopic (exact) mass is 448 g/mol. The molecule has 0 fully saturated rings. The van der Waals surface area contributed by atoms with E-state index in [-0.39, 0.29) is 18.2 Å². The van der Waals surface area contributed by atoms with E-state index < -0.39 is 6.10 Å². The van der Waals surface area contributed by atoms with Crippen LogP contribution in [0.15, 0.2) is 49.1 Å². The van der Waals surface area contributed by atoms with Crippen LogP contribution in [0, 0.1) is 0 Å². The number of anilines is 2. The van der Waals surface area contributed by atoms with Gasteiger partial charge in [-0.05, 0) is 43.7 Å². The molecule has 2 aromatic carbocycles. The molecule has 158 valence electrons. The number of hydrogen-bond acceptors (Lipinski definition) is 4. The lowest BCUT2D eigenvalue weighted by Crippen LogP contribution is -2.44. The van der Waals surface area contributed by atoms with Gasteiger partial charge in [0.25, 0.3) is 5.91 Å². The van der Waals surface area contributed by atoms with Crippen LogP contribution in [0.3, 0.4) is 0 Å². The summed E-state index contributed by atoms with van der Waals surface area (Å²) in [6.45, 7) is 6.12. The quantitative estimate of drug-likeness (QED) is 0.450. The highest BCUT2D eigenvalue weighted by Gasteiger charge is 2.30. The Kier molecular flexibility index (Phi) is 7.24. The molecule has 0 saturated carbocycles. The summed E-state index contributed by atoms with van der Waals surface area (Å²) in [5.74, 6) is 0.798. The van der Waals surface area contributed by atoms with Gasteiger partial charge in [0.2, 0.25) is 5.91 Å². The number of nitrogens with one attached hydrogen (secondary N) is 1. The topological polar surface area (TPSA) is 67.9 Å². The number of rotatable bonds is 8. The molecule has 1 aliphatic heterocycles. The van der Waals surface area contributed by atoms with Crippen LogP contribution in [0.1, 0.15) is 19.8 Å². The van der Waals surface area contributed by atoms with Gasteiger partial charge in [-0.2, -0.15) is 0 Å². The van der Waals surface area contributed by atoms with Gasteiger partial charge in [0.05, 0.1) is 17.3 Å². The second-order valence-electron chi connectivity index (χ2n) is 6.76. The number of nitrogens with zero attached hydrogens (tertiary/aromatic N) is 1. The minimum absolute atomic E-state index is 0.125. The van der Waals surface area contributed by atoms with Crippen molar-refractivity contribution in [2.75, 3.05) is 23.4 Å². The van der Waals surface area contributed by atoms with Crippen molar-refractivity contribution in [1.29, 1.82) is 0 Å². The van der Waals surface area contributed by atoms with E-state index in [4.69, 9.17) is 32.7 Å². The number of benzene rings is 2. The van der Waals surface area contributed by atoms with Gasteiger partial charge in [0.15, 0.2) is 6.10 Å². The van der Waals surface area contributed by atoms with Crippen LogP contribution in [0.2, 0.25) is 10.0 Å². The van der Waals surface area contributed by atoms with E-state index in [0.29, 0.717) is 52.5 Å². The summed E-state index contributed by atoms with van der Waals surface area (Å²) < 4.78 is 11.3. The molecular formula is C22H22Cl2N2O4. The predicted molar refractivity (Wildman–Crippen MR) is 119 cm³/mol. The zero-order chi connectivity index (χ0) is 21.7. The van der Waals surface area contributed by atoms with Crippen LogP contribution in [0.4, 0.5) is 11.4 Å². The fourth-order valence-electron chi connectivity index (χ4n) is 3.04. The zero-order valence-electron chi connectivity index (χ0n) is 16.5. The third kappa shape index (κ3) is 5.26. The average molecular weight is 449 g/mol. The zero-order valence-corrected chi connectivity index (χ0v) is 18.0. The summed E-state index contributed by atoms with van der Waals surface area (Å²) >= 11 is 11.9. The Bertz CT molecular complexity index is 964. The summed E-state index contributed by atoms with van der Waals surface area (Å²) in [5.41, 5.74) is 1.25. The predicted octanol–water partition coefficient (Wildman–Crippen LogP) is 5.09. The Morgan fingerprint density at radius 3 is 2.83 bits per heavy atom. The number of amides is 2. The van der Waals surface area contributed by atoms with E-state index >= 15 is 0 Å². The number of ether oxygens (including phenoxy) is 2. The second kappa shape index (κ2) is 9.87. The van der Waals surface area contributed by atoms with Crippen molar-refractivity contribution in [3.05, 3.63) is 59.1 Å². The third-order valence-corrected chi connectivity index (χ3v) is 4.99. The van der Waals surface area contributed by atoms with Crippen LogP contribution in [-0.2, 0) is 9.59 Å². The smallest absolute Gasteiger partial charge is 0.268 e. The minimum atomic E-state index is -0.597. The molecule has 1 aliphatic rings. The van der Waals surface area contributed by atoms with Gasteiger partial charge in [-0.25, -0.2) is 0 Å². The van der Waals surface area contributed by atoms with E-state index in [1.165, 1.54) is 0 Å². The third-order valence-electron chi connectivity index (χ3n) is 4.46. The van der Waals surface area contributed by atoms with E-state index in [9.17, 15) is 9.59 Å². The highest BCUT2D eigenvalue weighted by molar-refractivity contribution is 6.35. The molecule has 1 atom stereocenters. The lowest BCUT2D eigenvalue weighted by molar-refractivity contribution is -0.125. The molecule has 0 bridgehead atoms. The van der Waals surface area contributed by atoms with Crippen molar-refractivity contribution < 1.29 is 19.1 Å². The first-order valence-corrected chi connectivity index (χ1v) is 10.3. The first-order chi connectivity index (χ1) is 14.4. The van der Waals surface area contributed by atoms with Gasteiger partial charge in [-0.3, -0.25) is 9.59 Å². The molecule has 0 aromatic heterocycles. The molecule has 6 nitrogen and oxygen atoms in total. The molecule has 3 rings (SSSR count). The van der Waals surface area contributed by atoms with Crippen LogP contribution in [0.25, 0.3) is 0 Å². The summed E-state index contributed by atoms with van der Waals surface area (Å²) in [6.07, 6.45) is 1.86. The molecular weight excluding hydrogens is 427 g/mol. The highest BCUT2D eigenvalue weighted by atomic mass is 35.5. The molecule has 2 amide bonds. The Morgan fingerprint density at radius 2 is 2.10 bits per heavy atom. The normalized spacial score (nSPS) is 15.2. The second-order valence-corrected chi connectivity index (χ2v) is 7.60. The van der Waals surface area contributed by atoms with Crippen molar-refractivity contribution in [2.24, 2.45) is 0 Å². The van der Waals surface area contributed by atoms with Crippen molar-refractivity contribution in [2.45, 2.75) is 25.9 Å². The van der Waals surface area contributed by atoms with Crippen LogP contribution < -0.4 is 19.7 Å². The van der Waals surface area contributed by atoms with Crippen molar-refractivity contribution in [3.8, 4) is 11.5 Å². The van der Waals surface area contributed by atoms with Crippen LogP contribution in [-0.4, -0.2) is 31.1 Å². The van der Waals surface area contributed by atoms with E-state index in [1.54, 1.807) is 54.3 Å². The summed E-state index contributed by atoms with van der Waals surface area (Å²) in [5, 5.41) is 3.81. The van der Waals surface area contributed by atoms with Gasteiger partial charge < -0.3 is 19.7 Å². The Labute approximate surface area is 185 Å². The first kappa shape index (κ1) is 22.0. The molecule has 0 aliphatic carbocycles. The Morgan fingerprint density at radius 1 is 1.30 bits per heavy atom. The van der Waals surface area contributed by atoms with Crippen LogP contribution in [0.5, 0.6) is 11.5 Å². The van der Waals surface area contributed by atoms with Gasteiger partial charge in [-0.1, -0.05) is 29.3 Å². The van der Waals surface area contributed by atoms with E-state index in [1.807, 2.05) is 0 Å². The Hall–Kier alpha value is -2.70. The van der Waals surface area contributed by atoms with Crippen molar-refractivity contribution >= 4 is 46.4 Å². The van der Waals surface area contributed by atoms with Crippen LogP contribution >= 0.6 is 23.2 Å². The molecule has 1 unspecified atom stereocenters. The molecule has 30 heavy (non-hydrogen) atoms. The number of hydrogen-bond donors (Lipinski definition) is 1. The SMILES string of the molecule is C=CCN1C(=O)C(C)Oc2cc(NC(=O)CCCOc3ccc(Cl)cc3Cl)ccc21. The first-order valence-electron chi connectivity index (χ1n) is 9.49. The van der Waals surface area contributed by atoms with Crippen molar-refractivity contribution in [3.63, 3.8) is 0 Å². The van der Waals surface area contributed by atoms with Gasteiger partial charge in [0.1, 0.15) is 11.5 Å². The van der Waals surface area contributed by atoms with E-state index in [0.717, 1.165) is 0 Å².